The summed E-state index contributed by atoms with van der Waals surface area (Å²) in [5, 5.41) is 3.61. The van der Waals surface area contributed by atoms with Gasteiger partial charge in [-0.05, 0) is 31.2 Å². The number of hydrogen-bond donors (Lipinski definition) is 0. The maximum Gasteiger partial charge on any atom is 0.198 e. The molecule has 1 aromatic carbocycles. The van der Waals surface area contributed by atoms with E-state index in [9.17, 15) is 4.79 Å². The molecule has 0 saturated carbocycles. The second kappa shape index (κ2) is 4.41. The van der Waals surface area contributed by atoms with Gasteiger partial charge in [-0.2, -0.15) is 0 Å². The summed E-state index contributed by atoms with van der Waals surface area (Å²) in [5.74, 6) is 0.487. The highest BCUT2D eigenvalue weighted by molar-refractivity contribution is 6.09. The average Bonchev–Trinajstić information content (AvgIpc) is 2.74. The summed E-state index contributed by atoms with van der Waals surface area (Å²) in [7, 11) is 3.92. The first kappa shape index (κ1) is 11.4. The van der Waals surface area contributed by atoms with Crippen molar-refractivity contribution < 1.29 is 9.32 Å². The van der Waals surface area contributed by atoms with Crippen LogP contribution in [0, 0.1) is 6.92 Å². The highest BCUT2D eigenvalue weighted by Crippen LogP contribution is 2.17. The number of rotatable bonds is 3. The van der Waals surface area contributed by atoms with Crippen molar-refractivity contribution >= 4 is 11.5 Å². The van der Waals surface area contributed by atoms with Crippen LogP contribution in [0.3, 0.4) is 0 Å². The van der Waals surface area contributed by atoms with E-state index in [4.69, 9.17) is 4.52 Å². The highest BCUT2D eigenvalue weighted by atomic mass is 16.5. The van der Waals surface area contributed by atoms with Crippen LogP contribution >= 0.6 is 0 Å². The SMILES string of the molecule is Cc1oncc1C(=O)c1ccc(N(C)C)cc1. The van der Waals surface area contributed by atoms with E-state index in [0.29, 0.717) is 16.9 Å². The molecule has 4 nitrogen and oxygen atoms in total. The Morgan fingerprint density at radius 2 is 1.88 bits per heavy atom. The molecule has 0 fully saturated rings. The van der Waals surface area contributed by atoms with Gasteiger partial charge in [0.25, 0.3) is 0 Å². The third kappa shape index (κ3) is 2.20. The van der Waals surface area contributed by atoms with E-state index in [2.05, 4.69) is 5.16 Å². The van der Waals surface area contributed by atoms with Crippen LogP contribution in [0.4, 0.5) is 5.69 Å². The minimum Gasteiger partial charge on any atom is -0.378 e. The second-order valence-electron chi connectivity index (χ2n) is 4.07. The Hall–Kier alpha value is -2.10. The van der Waals surface area contributed by atoms with Crippen molar-refractivity contribution in [3.63, 3.8) is 0 Å². The number of carbonyl (C=O) groups excluding carboxylic acids is 1. The monoisotopic (exact) mass is 230 g/mol. The molecule has 0 N–H and O–H groups in total. The predicted octanol–water partition coefficient (Wildman–Crippen LogP) is 2.28. The van der Waals surface area contributed by atoms with E-state index in [1.807, 2.05) is 43.3 Å². The van der Waals surface area contributed by atoms with Crippen LogP contribution in [0.25, 0.3) is 0 Å². The van der Waals surface area contributed by atoms with Crippen molar-refractivity contribution in [3.8, 4) is 0 Å². The summed E-state index contributed by atoms with van der Waals surface area (Å²) < 4.78 is 4.89. The topological polar surface area (TPSA) is 46.3 Å². The van der Waals surface area contributed by atoms with Gasteiger partial charge in [-0.1, -0.05) is 5.16 Å². The highest BCUT2D eigenvalue weighted by Gasteiger charge is 2.14. The first-order chi connectivity index (χ1) is 8.09. The Morgan fingerprint density at radius 1 is 1.24 bits per heavy atom. The molecule has 2 aromatic rings. The maximum atomic E-state index is 12.1. The molecule has 0 atom stereocenters. The van der Waals surface area contributed by atoms with Gasteiger partial charge in [-0.3, -0.25) is 4.79 Å². The lowest BCUT2D eigenvalue weighted by atomic mass is 10.0. The molecule has 0 spiro atoms. The molecule has 88 valence electrons. The third-order valence-electron chi connectivity index (χ3n) is 2.64. The molecule has 0 bridgehead atoms. The summed E-state index contributed by atoms with van der Waals surface area (Å²) in [5.41, 5.74) is 2.22. The maximum absolute atomic E-state index is 12.1. The molecular formula is C13H14N2O2. The predicted molar refractivity (Wildman–Crippen MR) is 65.4 cm³/mol. The fourth-order valence-electron chi connectivity index (χ4n) is 1.58. The molecule has 0 aliphatic carbocycles. The Kier molecular flexibility index (Phi) is 2.95. The van der Waals surface area contributed by atoms with Crippen molar-refractivity contribution in [3.05, 3.63) is 47.3 Å². The summed E-state index contributed by atoms with van der Waals surface area (Å²) >= 11 is 0. The lowest BCUT2D eigenvalue weighted by Crippen LogP contribution is -2.09. The van der Waals surface area contributed by atoms with Crippen LogP contribution in [0.5, 0.6) is 0 Å². The number of nitrogens with zero attached hydrogens (tertiary/aromatic N) is 2. The molecular weight excluding hydrogens is 216 g/mol. The van der Waals surface area contributed by atoms with Crippen LogP contribution in [0.2, 0.25) is 0 Å². The Morgan fingerprint density at radius 3 is 2.35 bits per heavy atom. The number of hydrogen-bond acceptors (Lipinski definition) is 4. The fourth-order valence-corrected chi connectivity index (χ4v) is 1.58. The van der Waals surface area contributed by atoms with Crippen molar-refractivity contribution in [2.75, 3.05) is 19.0 Å². The van der Waals surface area contributed by atoms with Crippen molar-refractivity contribution in [1.82, 2.24) is 5.16 Å². The van der Waals surface area contributed by atoms with Crippen LogP contribution in [0.15, 0.2) is 35.0 Å². The normalized spacial score (nSPS) is 10.3. The number of anilines is 1. The zero-order chi connectivity index (χ0) is 12.4. The number of benzene rings is 1. The third-order valence-corrected chi connectivity index (χ3v) is 2.64. The molecule has 1 aromatic heterocycles. The fraction of sp³-hybridized carbons (Fsp3) is 0.231. The number of carbonyl (C=O) groups is 1. The van der Waals surface area contributed by atoms with E-state index < -0.39 is 0 Å². The van der Waals surface area contributed by atoms with Gasteiger partial charge in [0.2, 0.25) is 0 Å². The lowest BCUT2D eigenvalue weighted by molar-refractivity contribution is 0.103. The van der Waals surface area contributed by atoms with E-state index >= 15 is 0 Å². The van der Waals surface area contributed by atoms with Gasteiger partial charge in [-0.15, -0.1) is 0 Å². The summed E-state index contributed by atoms with van der Waals surface area (Å²) in [4.78, 5) is 14.1. The van der Waals surface area contributed by atoms with E-state index in [1.165, 1.54) is 6.20 Å². The lowest BCUT2D eigenvalue weighted by Gasteiger charge is -2.12. The van der Waals surface area contributed by atoms with E-state index in [1.54, 1.807) is 6.92 Å². The van der Waals surface area contributed by atoms with Crippen LogP contribution < -0.4 is 4.90 Å². The van der Waals surface area contributed by atoms with Crippen LogP contribution in [-0.2, 0) is 0 Å². The zero-order valence-corrected chi connectivity index (χ0v) is 10.1. The first-order valence-corrected chi connectivity index (χ1v) is 5.33. The smallest absolute Gasteiger partial charge is 0.198 e. The molecule has 0 aliphatic heterocycles. The van der Waals surface area contributed by atoms with E-state index in [-0.39, 0.29) is 5.78 Å². The molecule has 4 heteroatoms. The molecule has 2 rings (SSSR count). The average molecular weight is 230 g/mol. The van der Waals surface area contributed by atoms with Crippen LogP contribution in [-0.4, -0.2) is 25.0 Å². The zero-order valence-electron chi connectivity index (χ0n) is 10.1. The number of aryl methyl sites for hydroxylation is 1. The molecule has 0 aliphatic rings. The minimum atomic E-state index is -0.0611. The Bertz CT molecular complexity index is 527. The Balaban J connectivity index is 2.29. The number of ketones is 1. The molecule has 0 saturated heterocycles. The van der Waals surface area contributed by atoms with Crippen LogP contribution in [0.1, 0.15) is 21.7 Å². The van der Waals surface area contributed by atoms with Gasteiger partial charge in [0.1, 0.15) is 5.76 Å². The molecule has 1 heterocycles. The summed E-state index contributed by atoms with van der Waals surface area (Å²) in [6.07, 6.45) is 1.46. The van der Waals surface area contributed by atoms with Crippen molar-refractivity contribution in [2.45, 2.75) is 6.92 Å². The summed E-state index contributed by atoms with van der Waals surface area (Å²) in [6, 6.07) is 7.44. The molecule has 0 radical (unpaired) electrons. The molecule has 17 heavy (non-hydrogen) atoms. The largest absolute Gasteiger partial charge is 0.378 e. The van der Waals surface area contributed by atoms with Gasteiger partial charge < -0.3 is 9.42 Å². The first-order valence-electron chi connectivity index (χ1n) is 5.33. The quantitative estimate of drug-likeness (QED) is 0.759. The molecule has 0 unspecified atom stereocenters. The second-order valence-corrected chi connectivity index (χ2v) is 4.07. The van der Waals surface area contributed by atoms with Gasteiger partial charge in [0.15, 0.2) is 5.78 Å². The van der Waals surface area contributed by atoms with Gasteiger partial charge >= 0.3 is 0 Å². The van der Waals surface area contributed by atoms with Gasteiger partial charge in [0, 0.05) is 25.3 Å². The van der Waals surface area contributed by atoms with Crippen molar-refractivity contribution in [2.24, 2.45) is 0 Å². The van der Waals surface area contributed by atoms with E-state index in [0.717, 1.165) is 5.69 Å². The summed E-state index contributed by atoms with van der Waals surface area (Å²) in [6.45, 7) is 1.73. The standard InChI is InChI=1S/C13H14N2O2/c1-9-12(8-14-17-9)13(16)10-4-6-11(7-5-10)15(2)3/h4-8H,1-3H3. The molecule has 0 amide bonds. The van der Waals surface area contributed by atoms with Gasteiger partial charge in [0.05, 0.1) is 11.8 Å². The minimum absolute atomic E-state index is 0.0611. The Labute approximate surface area is 99.8 Å². The number of aromatic nitrogens is 1. The van der Waals surface area contributed by atoms with Crippen molar-refractivity contribution in [1.29, 1.82) is 0 Å². The van der Waals surface area contributed by atoms with Gasteiger partial charge in [-0.25, -0.2) is 0 Å².